The second kappa shape index (κ2) is 5.81. The van der Waals surface area contributed by atoms with Gasteiger partial charge in [-0.15, -0.1) is 11.3 Å². The molecule has 19 heavy (non-hydrogen) atoms. The van der Waals surface area contributed by atoms with Gasteiger partial charge in [-0.3, -0.25) is 4.79 Å². The average molecular weight is 296 g/mol. The van der Waals surface area contributed by atoms with Crippen LogP contribution in [0.3, 0.4) is 0 Å². The number of carbonyl (C=O) groups is 1. The van der Waals surface area contributed by atoms with Crippen molar-refractivity contribution in [3.05, 3.63) is 27.9 Å². The molecule has 0 saturated heterocycles. The maximum absolute atomic E-state index is 11.7. The highest BCUT2D eigenvalue weighted by molar-refractivity contribution is 7.14. The molecule has 0 fully saturated rings. The van der Waals surface area contributed by atoms with Crippen LogP contribution in [0, 0.1) is 0 Å². The van der Waals surface area contributed by atoms with Crippen molar-refractivity contribution >= 4 is 28.6 Å². The molecule has 0 aromatic carbocycles. The average Bonchev–Trinajstić information content (AvgIpc) is 2.94. The first-order valence-electron chi connectivity index (χ1n) is 5.90. The molecular weight excluding hydrogens is 280 g/mol. The van der Waals surface area contributed by atoms with E-state index in [1.165, 1.54) is 11.3 Å². The third-order valence-electron chi connectivity index (χ3n) is 2.38. The van der Waals surface area contributed by atoms with Crippen molar-refractivity contribution in [1.82, 2.24) is 10.3 Å². The second-order valence-corrected chi connectivity index (χ2v) is 6.56. The smallest absolute Gasteiger partial charge is 0.226 e. The van der Waals surface area contributed by atoms with Crippen LogP contribution in [0.5, 0.6) is 0 Å². The molecule has 0 aliphatic carbocycles. The lowest BCUT2D eigenvalue weighted by Crippen LogP contribution is -2.38. The number of thiophene rings is 1. The molecule has 0 saturated carbocycles. The van der Waals surface area contributed by atoms with Crippen LogP contribution < -0.4 is 5.32 Å². The number of thiazole rings is 1. The molecule has 0 unspecified atom stereocenters. The van der Waals surface area contributed by atoms with Crippen molar-refractivity contribution in [2.24, 2.45) is 0 Å². The van der Waals surface area contributed by atoms with Gasteiger partial charge in [-0.05, 0) is 25.3 Å². The van der Waals surface area contributed by atoms with E-state index < -0.39 is 5.60 Å². The van der Waals surface area contributed by atoms with Gasteiger partial charge < -0.3 is 10.4 Å². The molecule has 0 aliphatic rings. The lowest BCUT2D eigenvalue weighted by Gasteiger charge is -2.17. The van der Waals surface area contributed by atoms with E-state index in [1.807, 2.05) is 22.2 Å². The van der Waals surface area contributed by atoms with Crippen LogP contribution in [-0.2, 0) is 11.2 Å². The van der Waals surface area contributed by atoms with E-state index in [0.717, 1.165) is 16.3 Å². The molecule has 0 radical (unpaired) electrons. The molecule has 4 nitrogen and oxygen atoms in total. The van der Waals surface area contributed by atoms with Gasteiger partial charge in [0.25, 0.3) is 0 Å². The van der Waals surface area contributed by atoms with Crippen LogP contribution in [0.25, 0.3) is 10.6 Å². The Labute approximate surface area is 120 Å². The molecule has 0 aliphatic heterocycles. The second-order valence-electron chi connectivity index (χ2n) is 4.92. The van der Waals surface area contributed by atoms with Gasteiger partial charge in [0.15, 0.2) is 0 Å². The Morgan fingerprint density at radius 2 is 2.26 bits per heavy atom. The number of aromatic nitrogens is 1. The van der Waals surface area contributed by atoms with Gasteiger partial charge in [-0.25, -0.2) is 4.98 Å². The fourth-order valence-corrected chi connectivity index (χ4v) is 2.98. The molecule has 2 aromatic heterocycles. The van der Waals surface area contributed by atoms with Crippen molar-refractivity contribution in [1.29, 1.82) is 0 Å². The summed E-state index contributed by atoms with van der Waals surface area (Å²) in [5.74, 6) is -0.121. The Balaban J connectivity index is 1.91. The highest BCUT2D eigenvalue weighted by Crippen LogP contribution is 2.25. The molecule has 2 N–H and O–H groups in total. The standard InChI is InChI=1S/C13H16N2O2S2/c1-13(2,17)8-14-11(16)5-10-7-19-12(15-10)9-3-4-18-6-9/h3-4,6-7,17H,5,8H2,1-2H3,(H,14,16). The number of nitrogens with zero attached hydrogens (tertiary/aromatic N) is 1. The maximum Gasteiger partial charge on any atom is 0.226 e. The van der Waals surface area contributed by atoms with Crippen LogP contribution in [0.4, 0.5) is 0 Å². The largest absolute Gasteiger partial charge is 0.389 e. The summed E-state index contributed by atoms with van der Waals surface area (Å²) in [6, 6.07) is 2.02. The molecule has 1 amide bonds. The summed E-state index contributed by atoms with van der Waals surface area (Å²) in [6.45, 7) is 3.56. The van der Waals surface area contributed by atoms with Crippen LogP contribution in [0.15, 0.2) is 22.2 Å². The third-order valence-corrected chi connectivity index (χ3v) is 4.00. The number of hydrogen-bond donors (Lipinski definition) is 2. The van der Waals surface area contributed by atoms with E-state index in [4.69, 9.17) is 0 Å². The zero-order valence-electron chi connectivity index (χ0n) is 10.8. The van der Waals surface area contributed by atoms with E-state index >= 15 is 0 Å². The number of nitrogens with one attached hydrogen (secondary N) is 1. The van der Waals surface area contributed by atoms with Crippen LogP contribution in [0.1, 0.15) is 19.5 Å². The predicted molar refractivity (Wildman–Crippen MR) is 78.4 cm³/mol. The maximum atomic E-state index is 11.7. The summed E-state index contributed by atoms with van der Waals surface area (Å²) in [6.07, 6.45) is 0.247. The van der Waals surface area contributed by atoms with Gasteiger partial charge in [0.05, 0.1) is 17.7 Å². The predicted octanol–water partition coefficient (Wildman–Crippen LogP) is 2.30. The molecular formula is C13H16N2O2S2. The van der Waals surface area contributed by atoms with Crippen molar-refractivity contribution in [2.75, 3.05) is 6.54 Å². The fraction of sp³-hybridized carbons (Fsp3) is 0.385. The molecule has 0 spiro atoms. The van der Waals surface area contributed by atoms with E-state index in [-0.39, 0.29) is 18.9 Å². The number of carbonyl (C=O) groups excluding carboxylic acids is 1. The van der Waals surface area contributed by atoms with E-state index in [9.17, 15) is 9.90 Å². The normalized spacial score (nSPS) is 11.5. The Hall–Kier alpha value is -1.24. The summed E-state index contributed by atoms with van der Waals surface area (Å²) in [5, 5.41) is 19.1. The Morgan fingerprint density at radius 1 is 1.47 bits per heavy atom. The minimum Gasteiger partial charge on any atom is -0.389 e. The highest BCUT2D eigenvalue weighted by Gasteiger charge is 2.15. The topological polar surface area (TPSA) is 62.2 Å². The number of hydrogen-bond acceptors (Lipinski definition) is 5. The third kappa shape index (κ3) is 4.41. The van der Waals surface area contributed by atoms with Gasteiger partial charge in [0.2, 0.25) is 5.91 Å². The summed E-state index contributed by atoms with van der Waals surface area (Å²) in [7, 11) is 0. The Kier molecular flexibility index (Phi) is 4.34. The van der Waals surface area contributed by atoms with Gasteiger partial charge in [-0.1, -0.05) is 0 Å². The minimum atomic E-state index is -0.889. The van der Waals surface area contributed by atoms with E-state index in [2.05, 4.69) is 10.3 Å². The van der Waals surface area contributed by atoms with Crippen molar-refractivity contribution in [2.45, 2.75) is 25.9 Å². The molecule has 2 heterocycles. The zero-order valence-corrected chi connectivity index (χ0v) is 12.5. The van der Waals surface area contributed by atoms with Crippen LogP contribution in [0.2, 0.25) is 0 Å². The SMILES string of the molecule is CC(C)(O)CNC(=O)Cc1csc(-c2ccsc2)n1. The molecule has 2 rings (SSSR count). The molecule has 0 bridgehead atoms. The summed E-state index contributed by atoms with van der Waals surface area (Å²) < 4.78 is 0. The Bertz CT molecular complexity index is 541. The summed E-state index contributed by atoms with van der Waals surface area (Å²) in [4.78, 5) is 16.1. The first kappa shape index (κ1) is 14.2. The van der Waals surface area contributed by atoms with Gasteiger partial charge >= 0.3 is 0 Å². The minimum absolute atomic E-state index is 0.121. The fourth-order valence-electron chi connectivity index (χ4n) is 1.45. The number of aliphatic hydroxyl groups is 1. The first-order chi connectivity index (χ1) is 8.94. The molecule has 0 atom stereocenters. The monoisotopic (exact) mass is 296 g/mol. The first-order valence-corrected chi connectivity index (χ1v) is 7.72. The van der Waals surface area contributed by atoms with Crippen molar-refractivity contribution < 1.29 is 9.90 Å². The number of rotatable bonds is 5. The zero-order chi connectivity index (χ0) is 13.9. The van der Waals surface area contributed by atoms with Gasteiger partial charge in [-0.2, -0.15) is 11.3 Å². The van der Waals surface area contributed by atoms with Crippen LogP contribution in [-0.4, -0.2) is 28.1 Å². The summed E-state index contributed by atoms with van der Waals surface area (Å²) in [5.41, 5.74) is 0.970. The highest BCUT2D eigenvalue weighted by atomic mass is 32.1. The Morgan fingerprint density at radius 3 is 2.89 bits per heavy atom. The van der Waals surface area contributed by atoms with Crippen molar-refractivity contribution in [3.8, 4) is 10.6 Å². The molecule has 6 heteroatoms. The van der Waals surface area contributed by atoms with E-state index in [1.54, 1.807) is 25.2 Å². The van der Waals surface area contributed by atoms with Gasteiger partial charge in [0, 0.05) is 22.9 Å². The molecule has 102 valence electrons. The van der Waals surface area contributed by atoms with Gasteiger partial charge in [0.1, 0.15) is 5.01 Å². The number of amides is 1. The van der Waals surface area contributed by atoms with Crippen LogP contribution >= 0.6 is 22.7 Å². The molecule has 2 aromatic rings. The van der Waals surface area contributed by atoms with Crippen molar-refractivity contribution in [3.63, 3.8) is 0 Å². The lowest BCUT2D eigenvalue weighted by molar-refractivity contribution is -0.121. The van der Waals surface area contributed by atoms with E-state index in [0.29, 0.717) is 0 Å². The summed E-state index contributed by atoms with van der Waals surface area (Å²) >= 11 is 3.17. The lowest BCUT2D eigenvalue weighted by atomic mass is 10.1. The quantitative estimate of drug-likeness (QED) is 0.890.